The van der Waals surface area contributed by atoms with Crippen LogP contribution in [-0.4, -0.2) is 46.3 Å². The van der Waals surface area contributed by atoms with Crippen molar-refractivity contribution in [3.05, 3.63) is 0 Å². The second-order valence-corrected chi connectivity index (χ2v) is 3.26. The van der Waals surface area contributed by atoms with Crippen molar-refractivity contribution in [2.24, 2.45) is 5.92 Å². The van der Waals surface area contributed by atoms with Crippen LogP contribution in [-0.2, 0) is 14.2 Å². The van der Waals surface area contributed by atoms with Crippen LogP contribution in [0.1, 0.15) is 6.42 Å². The maximum absolute atomic E-state index is 12.1. The molecular weight excluding hydrogens is 239 g/mol. The van der Waals surface area contributed by atoms with Crippen LogP contribution in [0.15, 0.2) is 0 Å². The highest BCUT2D eigenvalue weighted by atomic mass is 19.4. The lowest BCUT2D eigenvalue weighted by molar-refractivity contribution is -0.172. The van der Waals surface area contributed by atoms with Gasteiger partial charge in [0, 0.05) is 20.3 Å². The summed E-state index contributed by atoms with van der Waals surface area (Å²) in [6.07, 6.45) is -3.81. The van der Waals surface area contributed by atoms with E-state index in [1.807, 2.05) is 0 Å². The summed E-state index contributed by atoms with van der Waals surface area (Å²) < 4.78 is 50.8. The fraction of sp³-hybridized carbons (Fsp3) is 0.900. The van der Waals surface area contributed by atoms with E-state index >= 15 is 0 Å². The maximum atomic E-state index is 12.1. The molecule has 1 atom stereocenters. The zero-order valence-corrected chi connectivity index (χ0v) is 9.63. The van der Waals surface area contributed by atoms with Gasteiger partial charge in [0.15, 0.2) is 5.92 Å². The lowest BCUT2D eigenvalue weighted by Gasteiger charge is -2.13. The lowest BCUT2D eigenvalue weighted by atomic mass is 10.2. The van der Waals surface area contributed by atoms with E-state index < -0.39 is 18.7 Å². The summed E-state index contributed by atoms with van der Waals surface area (Å²) in [6.45, 7) is 0.645. The van der Waals surface area contributed by atoms with Crippen molar-refractivity contribution in [2.45, 2.75) is 12.6 Å². The van der Waals surface area contributed by atoms with E-state index in [2.05, 4.69) is 0 Å². The molecule has 0 heterocycles. The average molecular weight is 255 g/mol. The second-order valence-electron chi connectivity index (χ2n) is 3.26. The van der Waals surface area contributed by atoms with E-state index in [1.165, 1.54) is 0 Å². The molecule has 7 heteroatoms. The van der Waals surface area contributed by atoms with Crippen LogP contribution in [0.3, 0.4) is 0 Å². The Balaban J connectivity index is 3.42. The van der Waals surface area contributed by atoms with Crippen molar-refractivity contribution < 1.29 is 27.4 Å². The molecular formula is C10H16F3NO3. The summed E-state index contributed by atoms with van der Waals surface area (Å²) in [5.41, 5.74) is 0. The number of methoxy groups -OCH3 is 1. The standard InChI is InChI=1S/C10H16F3NO3/c1-15-3-2-4-16-5-6-17-8-9(7-14)10(11,12)13/h9H,2-6,8H2,1H3. The van der Waals surface area contributed by atoms with Crippen molar-refractivity contribution in [3.63, 3.8) is 0 Å². The molecule has 100 valence electrons. The highest BCUT2D eigenvalue weighted by Gasteiger charge is 2.39. The van der Waals surface area contributed by atoms with Crippen LogP contribution in [0.25, 0.3) is 0 Å². The summed E-state index contributed by atoms with van der Waals surface area (Å²) in [4.78, 5) is 0. The summed E-state index contributed by atoms with van der Waals surface area (Å²) in [6, 6.07) is 1.15. The molecule has 0 aromatic rings. The number of rotatable bonds is 9. The molecule has 1 unspecified atom stereocenters. The monoisotopic (exact) mass is 255 g/mol. The minimum absolute atomic E-state index is 0.0429. The van der Waals surface area contributed by atoms with Crippen molar-refractivity contribution in [2.75, 3.05) is 40.1 Å². The van der Waals surface area contributed by atoms with Gasteiger partial charge in [0.05, 0.1) is 25.9 Å². The molecule has 0 rings (SSSR count). The lowest BCUT2D eigenvalue weighted by Crippen LogP contribution is -2.26. The Kier molecular flexibility index (Phi) is 8.76. The van der Waals surface area contributed by atoms with Gasteiger partial charge in [-0.3, -0.25) is 0 Å². The van der Waals surface area contributed by atoms with E-state index in [1.54, 1.807) is 7.11 Å². The van der Waals surface area contributed by atoms with Crippen LogP contribution in [0, 0.1) is 17.2 Å². The van der Waals surface area contributed by atoms with Crippen molar-refractivity contribution in [3.8, 4) is 6.07 Å². The van der Waals surface area contributed by atoms with Gasteiger partial charge < -0.3 is 14.2 Å². The molecule has 0 spiro atoms. The smallest absolute Gasteiger partial charge is 0.385 e. The summed E-state index contributed by atoms with van der Waals surface area (Å²) in [7, 11) is 1.57. The Morgan fingerprint density at radius 1 is 1.12 bits per heavy atom. The molecule has 0 aliphatic carbocycles. The normalized spacial score (nSPS) is 13.4. The Morgan fingerprint density at radius 3 is 2.29 bits per heavy atom. The highest BCUT2D eigenvalue weighted by Crippen LogP contribution is 2.25. The predicted octanol–water partition coefficient (Wildman–Crippen LogP) is 1.76. The van der Waals surface area contributed by atoms with Gasteiger partial charge in [0.1, 0.15) is 0 Å². The van der Waals surface area contributed by atoms with Gasteiger partial charge >= 0.3 is 6.18 Å². The van der Waals surface area contributed by atoms with Gasteiger partial charge in [-0.15, -0.1) is 0 Å². The second kappa shape index (κ2) is 9.22. The zero-order chi connectivity index (χ0) is 13.1. The van der Waals surface area contributed by atoms with Gasteiger partial charge in [-0.1, -0.05) is 0 Å². The zero-order valence-electron chi connectivity index (χ0n) is 9.63. The van der Waals surface area contributed by atoms with Gasteiger partial charge in [0.25, 0.3) is 0 Å². The van der Waals surface area contributed by atoms with Crippen LogP contribution >= 0.6 is 0 Å². The molecule has 0 aromatic carbocycles. The quantitative estimate of drug-likeness (QED) is 0.589. The van der Waals surface area contributed by atoms with Crippen molar-refractivity contribution >= 4 is 0 Å². The number of halogens is 3. The average Bonchev–Trinajstić information content (AvgIpc) is 2.25. The number of nitriles is 1. The predicted molar refractivity (Wildman–Crippen MR) is 53.3 cm³/mol. The molecule has 0 bridgehead atoms. The van der Waals surface area contributed by atoms with Crippen LogP contribution in [0.4, 0.5) is 13.2 Å². The molecule has 4 nitrogen and oxygen atoms in total. The molecule has 0 saturated carbocycles. The Morgan fingerprint density at radius 2 is 1.76 bits per heavy atom. The van der Waals surface area contributed by atoms with Crippen molar-refractivity contribution in [1.29, 1.82) is 5.26 Å². The number of nitrogens with zero attached hydrogens (tertiary/aromatic N) is 1. The van der Waals surface area contributed by atoms with Crippen LogP contribution in [0.5, 0.6) is 0 Å². The summed E-state index contributed by atoms with van der Waals surface area (Å²) in [5.74, 6) is -2.07. The Bertz CT molecular complexity index is 228. The van der Waals surface area contributed by atoms with Crippen LogP contribution < -0.4 is 0 Å². The molecule has 0 N–H and O–H groups in total. The van der Waals surface area contributed by atoms with E-state index in [-0.39, 0.29) is 13.2 Å². The van der Waals surface area contributed by atoms with E-state index in [0.29, 0.717) is 13.2 Å². The topological polar surface area (TPSA) is 51.5 Å². The minimum atomic E-state index is -4.53. The third kappa shape index (κ3) is 8.92. The number of alkyl halides is 3. The first-order valence-corrected chi connectivity index (χ1v) is 5.13. The molecule has 0 fully saturated rings. The first kappa shape index (κ1) is 16.2. The highest BCUT2D eigenvalue weighted by molar-refractivity contribution is 4.88. The fourth-order valence-corrected chi connectivity index (χ4v) is 0.931. The molecule has 0 radical (unpaired) electrons. The van der Waals surface area contributed by atoms with Gasteiger partial charge in [0.2, 0.25) is 0 Å². The van der Waals surface area contributed by atoms with Crippen LogP contribution in [0.2, 0.25) is 0 Å². The molecule has 0 saturated heterocycles. The largest absolute Gasteiger partial charge is 0.406 e. The van der Waals surface area contributed by atoms with Gasteiger partial charge in [-0.2, -0.15) is 18.4 Å². The van der Waals surface area contributed by atoms with Gasteiger partial charge in [-0.05, 0) is 6.42 Å². The van der Waals surface area contributed by atoms with Crippen molar-refractivity contribution in [1.82, 2.24) is 0 Å². The molecule has 0 amide bonds. The Hall–Kier alpha value is -0.840. The summed E-state index contributed by atoms with van der Waals surface area (Å²) in [5, 5.41) is 8.27. The third-order valence-corrected chi connectivity index (χ3v) is 1.84. The Labute approximate surface area is 98.3 Å². The van der Waals surface area contributed by atoms with E-state index in [4.69, 9.17) is 19.5 Å². The molecule has 0 aliphatic rings. The van der Waals surface area contributed by atoms with E-state index in [0.717, 1.165) is 12.5 Å². The third-order valence-electron chi connectivity index (χ3n) is 1.84. The number of ether oxygens (including phenoxy) is 3. The van der Waals surface area contributed by atoms with Gasteiger partial charge in [-0.25, -0.2) is 0 Å². The summed E-state index contributed by atoms with van der Waals surface area (Å²) >= 11 is 0. The fourth-order valence-electron chi connectivity index (χ4n) is 0.931. The first-order valence-electron chi connectivity index (χ1n) is 5.13. The number of hydrogen-bond donors (Lipinski definition) is 0. The SMILES string of the molecule is COCCCOCCOCC(C#N)C(F)(F)F. The molecule has 17 heavy (non-hydrogen) atoms. The number of hydrogen-bond acceptors (Lipinski definition) is 4. The first-order chi connectivity index (χ1) is 8.02. The molecule has 0 aliphatic heterocycles. The molecule has 0 aromatic heterocycles. The van der Waals surface area contributed by atoms with E-state index in [9.17, 15) is 13.2 Å². The minimum Gasteiger partial charge on any atom is -0.385 e. The maximum Gasteiger partial charge on any atom is 0.406 e.